The molecule has 0 aliphatic heterocycles. The van der Waals surface area contributed by atoms with E-state index < -0.39 is 70.3 Å². The van der Waals surface area contributed by atoms with E-state index in [0.717, 1.165) is 39.3 Å². The minimum Gasteiger partial charge on any atom is -0.872 e. The van der Waals surface area contributed by atoms with Crippen LogP contribution in [0.25, 0.3) is 0 Å². The van der Waals surface area contributed by atoms with Crippen LogP contribution in [-0.4, -0.2) is 261 Å². The highest BCUT2D eigenvalue weighted by molar-refractivity contribution is 5.92. The minimum atomic E-state index is -1.18. The summed E-state index contributed by atoms with van der Waals surface area (Å²) >= 11 is 0. The van der Waals surface area contributed by atoms with Gasteiger partial charge in [0.05, 0.1) is 158 Å². The molecule has 0 aliphatic rings. The quantitative estimate of drug-likeness (QED) is 0.0380. The Morgan fingerprint density at radius 1 is 0.229 bits per heavy atom. The molecule has 6 rings (SSSR count). The topological polar surface area (TPSA) is 510 Å². The van der Waals surface area contributed by atoms with Gasteiger partial charge in [-0.2, -0.15) is 0 Å². The predicted octanol–water partition coefficient (Wildman–Crippen LogP) is -8.51. The van der Waals surface area contributed by atoms with Gasteiger partial charge in [-0.15, -0.1) is 0 Å². The molecule has 6 aromatic rings. The number of carboxylic acids is 6. The summed E-state index contributed by atoms with van der Waals surface area (Å²) in [5.41, 5.74) is -1.07. The van der Waals surface area contributed by atoms with E-state index in [1.165, 1.54) is 175 Å². The van der Waals surface area contributed by atoms with E-state index in [0.29, 0.717) is 39.6 Å². The molecule has 0 fully saturated rings. The van der Waals surface area contributed by atoms with Gasteiger partial charge in [0.15, 0.2) is 0 Å². The average molecular weight is 1360 g/mol. The molecule has 0 radical (unpaired) electrons. The number of nitrogens with one attached hydrogen (secondary N) is 6. The normalized spacial score (nSPS) is 9.50. The molecule has 0 aromatic heterocycles. The van der Waals surface area contributed by atoms with E-state index in [1.54, 1.807) is 0 Å². The van der Waals surface area contributed by atoms with Crippen molar-refractivity contribution < 1.29 is 150 Å². The Kier molecular flexibility index (Phi) is 63.9. The lowest BCUT2D eigenvalue weighted by atomic mass is 10.2. The largest absolute Gasteiger partial charge is 0.872 e. The van der Waals surface area contributed by atoms with Gasteiger partial charge in [0, 0.05) is 0 Å². The SMILES string of the molecule is C[NH+](C)CCO.C[NH+](C)CCO.C[NH+](C)CCO.C[NH+](C)CCO.C[NH+](C)CCO.C[NH+](C)CCO.O=C(O)c1ccccc1[O-].O=C(O)c1ccccc1[O-].O=C(O)c1ccccc1[O-].O=C(O)c1ccccc1[O-].O=C(O)c1ccccc1[O-].O=C(O)c1ccccc1[O-]. The van der Waals surface area contributed by atoms with Crippen LogP contribution < -0.4 is 60.0 Å². The van der Waals surface area contributed by atoms with Crippen molar-refractivity contribution in [3.63, 3.8) is 0 Å². The van der Waals surface area contributed by atoms with Crippen LogP contribution in [0.4, 0.5) is 0 Å². The molecule has 540 valence electrons. The Labute approximate surface area is 561 Å². The number of quaternary nitrogens is 6. The number of carboxylic acid groups (broad SMARTS) is 6. The van der Waals surface area contributed by atoms with Crippen molar-refractivity contribution in [3.05, 3.63) is 179 Å². The number of aliphatic hydroxyl groups excluding tert-OH is 6. The number of para-hydroxylation sites is 6. The second-order valence-electron chi connectivity index (χ2n) is 20.9. The molecule has 0 unspecified atom stereocenters. The average Bonchev–Trinajstić information content (AvgIpc) is 1.62. The summed E-state index contributed by atoms with van der Waals surface area (Å²) in [6.45, 7) is 6.85. The van der Waals surface area contributed by atoms with Gasteiger partial charge in [0.25, 0.3) is 0 Å². The zero-order valence-electron chi connectivity index (χ0n) is 56.6. The monoisotopic (exact) mass is 1360 g/mol. The Hall–Kier alpha value is -9.54. The molecule has 0 amide bonds. The maximum Gasteiger partial charge on any atom is 0.335 e. The van der Waals surface area contributed by atoms with Crippen LogP contribution >= 0.6 is 0 Å². The van der Waals surface area contributed by atoms with Gasteiger partial charge in [-0.25, -0.2) is 28.8 Å². The number of hydrogen-bond acceptors (Lipinski definition) is 18. The number of aromatic carboxylic acids is 6. The van der Waals surface area contributed by atoms with Crippen molar-refractivity contribution in [1.29, 1.82) is 0 Å². The fraction of sp³-hybridized carbons (Fsp3) is 0.364. The second-order valence-corrected chi connectivity index (χ2v) is 20.9. The highest BCUT2D eigenvalue weighted by Crippen LogP contribution is 2.15. The molecule has 30 nitrogen and oxygen atoms in total. The van der Waals surface area contributed by atoms with E-state index in [9.17, 15) is 59.4 Å². The third-order valence-electron chi connectivity index (χ3n) is 10.4. The molecule has 0 bridgehead atoms. The first-order chi connectivity index (χ1) is 44.9. The highest BCUT2D eigenvalue weighted by Gasteiger charge is 2.04. The summed E-state index contributed by atoms with van der Waals surface area (Å²) in [5, 5.41) is 164. The van der Waals surface area contributed by atoms with Crippen LogP contribution in [0, 0.1) is 0 Å². The van der Waals surface area contributed by atoms with E-state index in [2.05, 4.69) is 0 Å². The molecule has 0 spiro atoms. The third-order valence-corrected chi connectivity index (χ3v) is 10.4. The van der Waals surface area contributed by atoms with Gasteiger partial charge >= 0.3 is 35.8 Å². The standard InChI is InChI=1S/6C7H6O3.6C4H11NO/c6*8-6-4-2-1-3-5(6)7(9)10;6*1-5(2)3-4-6/h6*1-4,8H,(H,9,10);6*6H,3-4H2,1-2H3. The van der Waals surface area contributed by atoms with Gasteiger partial charge in [0.2, 0.25) is 0 Å². The van der Waals surface area contributed by atoms with Crippen LogP contribution in [-0.2, 0) is 0 Å². The summed E-state index contributed by atoms with van der Waals surface area (Å²) in [7, 11) is 24.1. The Morgan fingerprint density at radius 2 is 0.323 bits per heavy atom. The molecule has 30 heteroatoms. The molecule has 96 heavy (non-hydrogen) atoms. The van der Waals surface area contributed by atoms with E-state index in [-0.39, 0.29) is 33.4 Å². The zero-order valence-corrected chi connectivity index (χ0v) is 56.6. The lowest BCUT2D eigenvalue weighted by Gasteiger charge is -2.07. The first-order valence-corrected chi connectivity index (χ1v) is 29.3. The van der Waals surface area contributed by atoms with Crippen molar-refractivity contribution in [1.82, 2.24) is 0 Å². The molecular weight excluding hydrogens is 1260 g/mol. The van der Waals surface area contributed by atoms with Crippen molar-refractivity contribution in [2.45, 2.75) is 0 Å². The maximum atomic E-state index is 10.7. The minimum absolute atomic E-state index is 0.178. The number of aliphatic hydroxyl groups is 6. The zero-order chi connectivity index (χ0) is 75.3. The van der Waals surface area contributed by atoms with Crippen LogP contribution in [0.5, 0.6) is 34.5 Å². The van der Waals surface area contributed by atoms with Gasteiger partial charge in [0.1, 0.15) is 39.3 Å². The van der Waals surface area contributed by atoms with Gasteiger partial charge < -0.3 is 121 Å². The predicted molar refractivity (Wildman–Crippen MR) is 346 cm³/mol. The van der Waals surface area contributed by atoms with E-state index >= 15 is 0 Å². The molecule has 6 aromatic carbocycles. The number of carbonyl (C=O) groups is 6. The van der Waals surface area contributed by atoms with E-state index in [4.69, 9.17) is 61.3 Å². The van der Waals surface area contributed by atoms with Gasteiger partial charge in [-0.1, -0.05) is 144 Å². The van der Waals surface area contributed by atoms with Gasteiger partial charge in [-0.05, 0) is 36.4 Å². The Balaban J connectivity index is -0.000000232. The summed E-state index contributed by atoms with van der Waals surface area (Å²) < 4.78 is 0. The third kappa shape index (κ3) is 60.7. The van der Waals surface area contributed by atoms with Crippen LogP contribution in [0.2, 0.25) is 0 Å². The van der Waals surface area contributed by atoms with Crippen molar-refractivity contribution in [2.75, 3.05) is 163 Å². The molecule has 0 saturated carbocycles. The van der Waals surface area contributed by atoms with Crippen LogP contribution in [0.1, 0.15) is 62.1 Å². The summed E-state index contributed by atoms with van der Waals surface area (Å²) in [5.74, 6) is -9.75. The summed E-state index contributed by atoms with van der Waals surface area (Å²) in [4.78, 5) is 69.1. The van der Waals surface area contributed by atoms with Crippen molar-refractivity contribution in [3.8, 4) is 34.5 Å². The molecule has 0 saturated heterocycles. The van der Waals surface area contributed by atoms with E-state index in [1.807, 2.05) is 84.6 Å². The number of rotatable bonds is 18. The fourth-order valence-electron chi connectivity index (χ4n) is 5.20. The first kappa shape index (κ1) is 97.5. The molecule has 0 aliphatic carbocycles. The number of hydrogen-bond donors (Lipinski definition) is 18. The molecular formula is C66H102N6O24. The fourth-order valence-corrected chi connectivity index (χ4v) is 5.20. The Morgan fingerprint density at radius 3 is 0.365 bits per heavy atom. The molecule has 0 heterocycles. The maximum absolute atomic E-state index is 10.7. The smallest absolute Gasteiger partial charge is 0.335 e. The second kappa shape index (κ2) is 62.9. The highest BCUT2D eigenvalue weighted by atomic mass is 16.4. The first-order valence-electron chi connectivity index (χ1n) is 29.3. The molecule has 18 N–H and O–H groups in total. The number of benzene rings is 6. The lowest BCUT2D eigenvalue weighted by molar-refractivity contribution is -0.858. The molecule has 0 atom stereocenters. The lowest BCUT2D eigenvalue weighted by Crippen LogP contribution is -3.06. The summed E-state index contributed by atoms with van der Waals surface area (Å²) in [6, 6.07) is 33.2. The van der Waals surface area contributed by atoms with Crippen LogP contribution in [0.15, 0.2) is 146 Å². The van der Waals surface area contributed by atoms with Gasteiger partial charge in [-0.3, -0.25) is 0 Å². The van der Waals surface area contributed by atoms with Crippen molar-refractivity contribution in [2.24, 2.45) is 0 Å². The Bertz CT molecular complexity index is 2460. The summed E-state index contributed by atoms with van der Waals surface area (Å²) in [6.07, 6.45) is 0. The van der Waals surface area contributed by atoms with Crippen molar-refractivity contribution >= 4 is 35.8 Å². The van der Waals surface area contributed by atoms with Crippen LogP contribution in [0.3, 0.4) is 0 Å². The number of likely N-dealkylation sites (N-methyl/N-ethyl adjacent to an activating group) is 6.